The average molecular weight is 263 g/mol. The lowest BCUT2D eigenvalue weighted by Crippen LogP contribution is -2.46. The van der Waals surface area contributed by atoms with Crippen LogP contribution < -0.4 is 10.6 Å². The van der Waals surface area contributed by atoms with Crippen molar-refractivity contribution in [1.82, 2.24) is 10.6 Å². The molecule has 2 N–H and O–H groups in total. The molecule has 1 atom stereocenters. The van der Waals surface area contributed by atoms with Crippen LogP contribution in [0.3, 0.4) is 0 Å². The molecule has 1 aromatic carbocycles. The third-order valence-electron chi connectivity index (χ3n) is 2.78. The molecule has 0 saturated heterocycles. The van der Waals surface area contributed by atoms with Crippen molar-refractivity contribution in [2.24, 2.45) is 4.99 Å². The minimum absolute atomic E-state index is 0.196. The van der Waals surface area contributed by atoms with Crippen LogP contribution in [-0.2, 0) is 4.79 Å². The van der Waals surface area contributed by atoms with Gasteiger partial charge in [0.2, 0.25) is 0 Å². The van der Waals surface area contributed by atoms with Crippen molar-refractivity contribution >= 4 is 11.9 Å². The highest BCUT2D eigenvalue weighted by atomic mass is 19.1. The highest BCUT2D eigenvalue weighted by Crippen LogP contribution is 2.25. The van der Waals surface area contributed by atoms with E-state index in [-0.39, 0.29) is 17.3 Å². The SMILES string of the molecule is Cc1ccc(F)cc1C1N=C(NC(C)(C)C)NC1=O. The first-order chi connectivity index (χ1) is 8.76. The molecule has 1 aliphatic rings. The molecule has 0 bridgehead atoms. The molecular formula is C14H18FN3O. The molecule has 0 saturated carbocycles. The molecule has 19 heavy (non-hydrogen) atoms. The van der Waals surface area contributed by atoms with Gasteiger partial charge in [-0.2, -0.15) is 0 Å². The van der Waals surface area contributed by atoms with Crippen LogP contribution in [0.2, 0.25) is 0 Å². The number of benzene rings is 1. The predicted octanol–water partition coefficient (Wildman–Crippen LogP) is 2.05. The van der Waals surface area contributed by atoms with E-state index in [2.05, 4.69) is 15.6 Å². The highest BCUT2D eigenvalue weighted by molar-refractivity contribution is 6.05. The zero-order valence-electron chi connectivity index (χ0n) is 11.5. The Morgan fingerprint density at radius 1 is 1.37 bits per heavy atom. The van der Waals surface area contributed by atoms with Crippen LogP contribution in [-0.4, -0.2) is 17.4 Å². The van der Waals surface area contributed by atoms with Crippen LogP contribution in [0.15, 0.2) is 23.2 Å². The summed E-state index contributed by atoms with van der Waals surface area (Å²) in [6, 6.07) is 3.72. The lowest BCUT2D eigenvalue weighted by molar-refractivity contribution is -0.120. The number of carbonyl (C=O) groups excluding carboxylic acids is 1. The van der Waals surface area contributed by atoms with Gasteiger partial charge >= 0.3 is 0 Å². The van der Waals surface area contributed by atoms with Gasteiger partial charge < -0.3 is 5.32 Å². The third kappa shape index (κ3) is 3.10. The number of aliphatic imine (C=N–C) groups is 1. The molecule has 0 spiro atoms. The van der Waals surface area contributed by atoms with E-state index in [0.717, 1.165) is 5.56 Å². The fraction of sp³-hybridized carbons (Fsp3) is 0.429. The Morgan fingerprint density at radius 3 is 2.68 bits per heavy atom. The largest absolute Gasteiger partial charge is 0.351 e. The summed E-state index contributed by atoms with van der Waals surface area (Å²) in [7, 11) is 0. The van der Waals surface area contributed by atoms with Crippen molar-refractivity contribution in [2.45, 2.75) is 39.3 Å². The summed E-state index contributed by atoms with van der Waals surface area (Å²) in [6.45, 7) is 7.76. The van der Waals surface area contributed by atoms with Gasteiger partial charge in [0.05, 0.1) is 0 Å². The number of halogens is 1. The molecule has 2 rings (SSSR count). The van der Waals surface area contributed by atoms with E-state index in [1.807, 2.05) is 27.7 Å². The summed E-state index contributed by atoms with van der Waals surface area (Å²) < 4.78 is 13.3. The maximum Gasteiger partial charge on any atom is 0.256 e. The minimum atomic E-state index is -0.680. The Kier molecular flexibility index (Phi) is 3.30. The van der Waals surface area contributed by atoms with Crippen LogP contribution in [0, 0.1) is 12.7 Å². The van der Waals surface area contributed by atoms with E-state index in [1.54, 1.807) is 6.07 Å². The highest BCUT2D eigenvalue weighted by Gasteiger charge is 2.30. The fourth-order valence-corrected chi connectivity index (χ4v) is 1.94. The molecule has 0 aromatic heterocycles. The summed E-state index contributed by atoms with van der Waals surface area (Å²) in [5.74, 6) is -0.160. The Balaban J connectivity index is 2.30. The van der Waals surface area contributed by atoms with Crippen molar-refractivity contribution in [1.29, 1.82) is 0 Å². The monoisotopic (exact) mass is 263 g/mol. The Hall–Kier alpha value is -1.91. The van der Waals surface area contributed by atoms with Crippen LogP contribution in [0.1, 0.15) is 37.9 Å². The Labute approximate surface area is 112 Å². The molecule has 0 fully saturated rings. The molecule has 0 radical (unpaired) electrons. The summed E-state index contributed by atoms with van der Waals surface area (Å²) in [5, 5.41) is 5.79. The van der Waals surface area contributed by atoms with Crippen molar-refractivity contribution < 1.29 is 9.18 Å². The number of rotatable bonds is 1. The summed E-state index contributed by atoms with van der Waals surface area (Å²) in [4.78, 5) is 16.3. The Bertz CT molecular complexity index is 546. The quantitative estimate of drug-likeness (QED) is 0.814. The van der Waals surface area contributed by atoms with Crippen molar-refractivity contribution in [3.63, 3.8) is 0 Å². The van der Waals surface area contributed by atoms with Gasteiger partial charge in [-0.3, -0.25) is 10.1 Å². The van der Waals surface area contributed by atoms with Gasteiger partial charge in [0.25, 0.3) is 5.91 Å². The first-order valence-corrected chi connectivity index (χ1v) is 6.19. The maximum absolute atomic E-state index is 13.3. The number of hydrogen-bond acceptors (Lipinski definition) is 3. The van der Waals surface area contributed by atoms with E-state index in [4.69, 9.17) is 0 Å². The molecule has 5 heteroatoms. The summed E-state index contributed by atoms with van der Waals surface area (Å²) in [6.07, 6.45) is 0. The Morgan fingerprint density at radius 2 is 2.05 bits per heavy atom. The van der Waals surface area contributed by atoms with Crippen molar-refractivity contribution in [3.8, 4) is 0 Å². The van der Waals surface area contributed by atoms with Gasteiger partial charge in [-0.05, 0) is 51.0 Å². The first kappa shape index (κ1) is 13.5. The van der Waals surface area contributed by atoms with Crippen LogP contribution in [0.4, 0.5) is 4.39 Å². The number of amides is 1. The lowest BCUT2D eigenvalue weighted by atomic mass is 10.0. The van der Waals surface area contributed by atoms with E-state index >= 15 is 0 Å². The maximum atomic E-state index is 13.3. The molecule has 102 valence electrons. The van der Waals surface area contributed by atoms with Crippen molar-refractivity contribution in [3.05, 3.63) is 35.1 Å². The first-order valence-electron chi connectivity index (χ1n) is 6.19. The van der Waals surface area contributed by atoms with Gasteiger partial charge in [0.15, 0.2) is 12.0 Å². The summed E-state index contributed by atoms with van der Waals surface area (Å²) >= 11 is 0. The van der Waals surface area contributed by atoms with Gasteiger partial charge in [-0.25, -0.2) is 9.38 Å². The molecule has 1 amide bonds. The van der Waals surface area contributed by atoms with E-state index in [0.29, 0.717) is 11.5 Å². The number of hydrogen-bond donors (Lipinski definition) is 2. The number of carbonyl (C=O) groups is 1. The standard InChI is InChI=1S/C14H18FN3O/c1-8-5-6-9(15)7-10(8)11-12(19)17-13(16-11)18-14(2,3)4/h5-7,11H,1-4H3,(H2,16,17,18,19). The fourth-order valence-electron chi connectivity index (χ4n) is 1.94. The van der Waals surface area contributed by atoms with E-state index < -0.39 is 6.04 Å². The topological polar surface area (TPSA) is 53.5 Å². The minimum Gasteiger partial charge on any atom is -0.351 e. The van der Waals surface area contributed by atoms with Gasteiger partial charge in [0, 0.05) is 5.54 Å². The van der Waals surface area contributed by atoms with Crippen LogP contribution >= 0.6 is 0 Å². The van der Waals surface area contributed by atoms with Gasteiger partial charge in [-0.15, -0.1) is 0 Å². The second-order valence-corrected chi connectivity index (χ2v) is 5.75. The number of nitrogens with zero attached hydrogens (tertiary/aromatic N) is 1. The molecule has 0 aliphatic carbocycles. The number of nitrogens with one attached hydrogen (secondary N) is 2. The molecule has 1 unspecified atom stereocenters. The summed E-state index contributed by atoms with van der Waals surface area (Å²) in [5.41, 5.74) is 1.25. The zero-order valence-corrected chi connectivity index (χ0v) is 11.5. The smallest absolute Gasteiger partial charge is 0.256 e. The number of guanidine groups is 1. The second-order valence-electron chi connectivity index (χ2n) is 5.75. The van der Waals surface area contributed by atoms with Gasteiger partial charge in [0.1, 0.15) is 5.82 Å². The normalized spacial score (nSPS) is 19.1. The number of aryl methyl sites for hydroxylation is 1. The lowest BCUT2D eigenvalue weighted by Gasteiger charge is -2.21. The molecule has 1 aromatic rings. The van der Waals surface area contributed by atoms with E-state index in [1.165, 1.54) is 12.1 Å². The average Bonchev–Trinajstić information content (AvgIpc) is 2.60. The van der Waals surface area contributed by atoms with Crippen LogP contribution in [0.25, 0.3) is 0 Å². The predicted molar refractivity (Wildman–Crippen MR) is 72.3 cm³/mol. The van der Waals surface area contributed by atoms with Crippen LogP contribution in [0.5, 0.6) is 0 Å². The van der Waals surface area contributed by atoms with Gasteiger partial charge in [-0.1, -0.05) is 6.07 Å². The molecule has 1 aliphatic heterocycles. The molecule has 4 nitrogen and oxygen atoms in total. The van der Waals surface area contributed by atoms with E-state index in [9.17, 15) is 9.18 Å². The zero-order chi connectivity index (χ0) is 14.2. The van der Waals surface area contributed by atoms with Crippen molar-refractivity contribution in [2.75, 3.05) is 0 Å². The molecular weight excluding hydrogens is 245 g/mol. The second kappa shape index (κ2) is 4.64. The third-order valence-corrected chi connectivity index (χ3v) is 2.78. The molecule has 1 heterocycles.